The maximum absolute atomic E-state index is 13.9. The van der Waals surface area contributed by atoms with Crippen molar-refractivity contribution >= 4 is 23.6 Å². The van der Waals surface area contributed by atoms with Crippen LogP contribution < -0.4 is 9.47 Å². The lowest BCUT2D eigenvalue weighted by Crippen LogP contribution is -2.40. The standard InChI is InChI=1S/C18H8ClF7O4/c19-10-4-7-3-9(16(27)28)15(18(24,25)26)30-12(7)6-13(10)29-14-5-8(17(21,22)23)1-2-11(14)20/h1-6,15H,(H,27,28). The van der Waals surface area contributed by atoms with Gasteiger partial charge < -0.3 is 14.6 Å². The largest absolute Gasteiger partial charge is 0.478 e. The lowest BCUT2D eigenvalue weighted by Gasteiger charge is -2.27. The van der Waals surface area contributed by atoms with E-state index in [0.29, 0.717) is 24.3 Å². The number of hydrogen-bond donors (Lipinski definition) is 1. The summed E-state index contributed by atoms with van der Waals surface area (Å²) >= 11 is 5.92. The van der Waals surface area contributed by atoms with Gasteiger partial charge in [0, 0.05) is 11.6 Å². The Morgan fingerprint density at radius 1 is 1.07 bits per heavy atom. The second kappa shape index (κ2) is 7.38. The molecule has 1 N–H and O–H groups in total. The van der Waals surface area contributed by atoms with E-state index in [9.17, 15) is 35.5 Å². The van der Waals surface area contributed by atoms with E-state index >= 15 is 0 Å². The van der Waals surface area contributed by atoms with Gasteiger partial charge in [0.25, 0.3) is 0 Å². The quantitative estimate of drug-likeness (QED) is 0.569. The zero-order valence-corrected chi connectivity index (χ0v) is 15.0. The highest BCUT2D eigenvalue weighted by Gasteiger charge is 2.48. The number of carboxylic acids is 1. The number of benzene rings is 2. The molecule has 0 amide bonds. The fourth-order valence-corrected chi connectivity index (χ4v) is 2.78. The first kappa shape index (κ1) is 21.8. The number of rotatable bonds is 3. The van der Waals surface area contributed by atoms with Crippen LogP contribution in [0.2, 0.25) is 5.02 Å². The van der Waals surface area contributed by atoms with Gasteiger partial charge in [-0.05, 0) is 30.3 Å². The topological polar surface area (TPSA) is 55.8 Å². The predicted molar refractivity (Wildman–Crippen MR) is 89.0 cm³/mol. The first-order valence-corrected chi connectivity index (χ1v) is 8.21. The van der Waals surface area contributed by atoms with Crippen LogP contribution in [0.1, 0.15) is 11.1 Å². The molecule has 3 rings (SSSR count). The molecule has 1 aliphatic rings. The van der Waals surface area contributed by atoms with Gasteiger partial charge in [0.15, 0.2) is 11.6 Å². The van der Waals surface area contributed by atoms with Crippen LogP contribution in [-0.2, 0) is 11.0 Å². The fraction of sp³-hybridized carbons (Fsp3) is 0.167. The molecule has 0 spiro atoms. The first-order valence-electron chi connectivity index (χ1n) is 7.84. The van der Waals surface area contributed by atoms with Crippen molar-refractivity contribution in [2.45, 2.75) is 18.5 Å². The van der Waals surface area contributed by atoms with Gasteiger partial charge >= 0.3 is 18.3 Å². The lowest BCUT2D eigenvalue weighted by atomic mass is 10.0. The van der Waals surface area contributed by atoms with Crippen molar-refractivity contribution in [2.24, 2.45) is 0 Å². The lowest BCUT2D eigenvalue weighted by molar-refractivity contribution is -0.187. The van der Waals surface area contributed by atoms with Crippen LogP contribution in [0.25, 0.3) is 6.08 Å². The van der Waals surface area contributed by atoms with Crippen molar-refractivity contribution < 1.29 is 50.1 Å². The Labute approximate surface area is 168 Å². The van der Waals surface area contributed by atoms with Gasteiger partial charge in [0.2, 0.25) is 6.10 Å². The summed E-state index contributed by atoms with van der Waals surface area (Å²) in [5, 5.41) is 8.67. The Balaban J connectivity index is 2.03. The van der Waals surface area contributed by atoms with Crippen LogP contribution >= 0.6 is 11.6 Å². The van der Waals surface area contributed by atoms with Gasteiger partial charge in [0.05, 0.1) is 16.2 Å². The average Bonchev–Trinajstić information content (AvgIpc) is 2.61. The molecule has 1 heterocycles. The molecule has 0 saturated heterocycles. The van der Waals surface area contributed by atoms with E-state index in [-0.39, 0.29) is 10.6 Å². The fourth-order valence-electron chi connectivity index (χ4n) is 2.57. The summed E-state index contributed by atoms with van der Waals surface area (Å²) in [5.74, 6) is -4.93. The molecule has 0 aliphatic carbocycles. The van der Waals surface area contributed by atoms with Gasteiger partial charge in [-0.25, -0.2) is 9.18 Å². The summed E-state index contributed by atoms with van der Waals surface area (Å²) in [5.41, 5.74) is -2.46. The highest BCUT2D eigenvalue weighted by atomic mass is 35.5. The molecule has 0 fully saturated rings. The van der Waals surface area contributed by atoms with E-state index in [0.717, 1.165) is 12.1 Å². The van der Waals surface area contributed by atoms with Crippen LogP contribution in [0.4, 0.5) is 30.7 Å². The molecule has 2 aromatic rings. The Morgan fingerprint density at radius 2 is 1.73 bits per heavy atom. The van der Waals surface area contributed by atoms with E-state index in [1.807, 2.05) is 0 Å². The third-order valence-electron chi connectivity index (χ3n) is 3.93. The van der Waals surface area contributed by atoms with Gasteiger partial charge in [-0.3, -0.25) is 0 Å². The summed E-state index contributed by atoms with van der Waals surface area (Å²) < 4.78 is 101. The van der Waals surface area contributed by atoms with Crippen LogP contribution in [-0.4, -0.2) is 23.4 Å². The molecule has 30 heavy (non-hydrogen) atoms. The van der Waals surface area contributed by atoms with Crippen molar-refractivity contribution in [3.8, 4) is 17.2 Å². The van der Waals surface area contributed by atoms with Gasteiger partial charge in [0.1, 0.15) is 11.5 Å². The van der Waals surface area contributed by atoms with Crippen molar-refractivity contribution in [3.05, 3.63) is 57.9 Å². The Morgan fingerprint density at radius 3 is 2.30 bits per heavy atom. The summed E-state index contributed by atoms with van der Waals surface area (Å²) in [7, 11) is 0. The van der Waals surface area contributed by atoms with Gasteiger partial charge in [-0.1, -0.05) is 11.6 Å². The highest BCUT2D eigenvalue weighted by molar-refractivity contribution is 6.32. The highest BCUT2D eigenvalue weighted by Crippen LogP contribution is 2.43. The van der Waals surface area contributed by atoms with Crippen molar-refractivity contribution in [2.75, 3.05) is 0 Å². The minimum atomic E-state index is -5.07. The molecule has 1 aliphatic heterocycles. The summed E-state index contributed by atoms with van der Waals surface area (Å²) in [6.07, 6.45) is -12.0. The molecule has 0 bridgehead atoms. The maximum atomic E-state index is 13.9. The van der Waals surface area contributed by atoms with E-state index < -0.39 is 58.6 Å². The minimum Gasteiger partial charge on any atom is -0.478 e. The summed E-state index contributed by atoms with van der Waals surface area (Å²) in [6.45, 7) is 0. The normalized spacial score (nSPS) is 16.4. The second-order valence-corrected chi connectivity index (χ2v) is 6.42. The molecular formula is C18H8ClF7O4. The number of carboxylic acid groups (broad SMARTS) is 1. The zero-order valence-electron chi connectivity index (χ0n) is 14.2. The molecular weight excluding hydrogens is 449 g/mol. The SMILES string of the molecule is O=C(O)C1=Cc2cc(Cl)c(Oc3cc(C(F)(F)F)ccc3F)cc2OC1C(F)(F)F. The number of alkyl halides is 6. The third kappa shape index (κ3) is 4.30. The molecule has 0 radical (unpaired) electrons. The van der Waals surface area contributed by atoms with Crippen LogP contribution in [0, 0.1) is 5.82 Å². The smallest absolute Gasteiger partial charge is 0.430 e. The Kier molecular flexibility index (Phi) is 5.35. The molecule has 12 heteroatoms. The van der Waals surface area contributed by atoms with Crippen LogP contribution in [0.3, 0.4) is 0 Å². The predicted octanol–water partition coefficient (Wildman–Crippen LogP) is 6.08. The summed E-state index contributed by atoms with van der Waals surface area (Å²) in [6, 6.07) is 3.11. The molecule has 2 aromatic carbocycles. The Bertz CT molecular complexity index is 1040. The second-order valence-electron chi connectivity index (χ2n) is 6.01. The Hall–Kier alpha value is -2.95. The van der Waals surface area contributed by atoms with Crippen molar-refractivity contribution in [1.29, 1.82) is 0 Å². The van der Waals surface area contributed by atoms with Crippen molar-refractivity contribution in [3.63, 3.8) is 0 Å². The average molecular weight is 457 g/mol. The first-order chi connectivity index (χ1) is 13.8. The number of ether oxygens (including phenoxy) is 2. The number of halogens is 8. The van der Waals surface area contributed by atoms with Crippen LogP contribution in [0.15, 0.2) is 35.9 Å². The maximum Gasteiger partial charge on any atom is 0.430 e. The molecule has 160 valence electrons. The van der Waals surface area contributed by atoms with E-state index in [4.69, 9.17) is 26.2 Å². The van der Waals surface area contributed by atoms with E-state index in [1.54, 1.807) is 0 Å². The molecule has 0 aromatic heterocycles. The molecule has 4 nitrogen and oxygen atoms in total. The monoisotopic (exact) mass is 456 g/mol. The minimum absolute atomic E-state index is 0.144. The van der Waals surface area contributed by atoms with Gasteiger partial charge in [-0.15, -0.1) is 0 Å². The third-order valence-corrected chi connectivity index (χ3v) is 4.22. The number of fused-ring (bicyclic) bond motifs is 1. The van der Waals surface area contributed by atoms with Gasteiger partial charge in [-0.2, -0.15) is 26.3 Å². The zero-order chi connectivity index (χ0) is 22.4. The number of aliphatic carboxylic acids is 1. The summed E-state index contributed by atoms with van der Waals surface area (Å²) in [4.78, 5) is 11.1. The molecule has 1 unspecified atom stereocenters. The van der Waals surface area contributed by atoms with Crippen molar-refractivity contribution in [1.82, 2.24) is 0 Å². The number of carbonyl (C=O) groups is 1. The molecule has 1 atom stereocenters. The van der Waals surface area contributed by atoms with E-state index in [2.05, 4.69) is 0 Å². The molecule has 0 saturated carbocycles. The van der Waals surface area contributed by atoms with E-state index in [1.165, 1.54) is 0 Å². The number of hydrogen-bond acceptors (Lipinski definition) is 3. The van der Waals surface area contributed by atoms with Crippen LogP contribution in [0.5, 0.6) is 17.2 Å².